The van der Waals surface area contributed by atoms with Gasteiger partial charge in [-0.05, 0) is 35.9 Å². The Bertz CT molecular complexity index is 959. The predicted octanol–water partition coefficient (Wildman–Crippen LogP) is 3.89. The molecule has 0 aliphatic rings. The van der Waals surface area contributed by atoms with Crippen LogP contribution < -0.4 is 10.6 Å². The summed E-state index contributed by atoms with van der Waals surface area (Å²) in [5, 5.41) is 13.0. The lowest BCUT2D eigenvalue weighted by atomic mass is 10.2. The van der Waals surface area contributed by atoms with Crippen LogP contribution in [0.4, 0.5) is 29.1 Å². The normalized spacial score (nSPS) is 11.1. The first-order valence-corrected chi connectivity index (χ1v) is 7.97. The average Bonchev–Trinajstić information content (AvgIpc) is 2.67. The molecule has 0 aliphatic carbocycles. The Morgan fingerprint density at radius 3 is 2.43 bits per heavy atom. The summed E-state index contributed by atoms with van der Waals surface area (Å²) in [6, 6.07) is 9.05. The zero-order chi connectivity index (χ0) is 20.1. The quantitative estimate of drug-likeness (QED) is 0.645. The fraction of sp³-hybridized carbons (Fsp3) is 0.111. The number of alkyl halides is 3. The number of hydrogen-bond donors (Lipinski definition) is 2. The van der Waals surface area contributed by atoms with Crippen molar-refractivity contribution in [1.82, 2.24) is 15.2 Å². The van der Waals surface area contributed by atoms with Crippen LogP contribution in [-0.4, -0.2) is 21.1 Å². The molecule has 144 valence electrons. The fourth-order valence-corrected chi connectivity index (χ4v) is 2.27. The van der Waals surface area contributed by atoms with E-state index in [0.717, 1.165) is 23.9 Å². The van der Waals surface area contributed by atoms with Crippen LogP contribution in [0.5, 0.6) is 0 Å². The smallest absolute Gasteiger partial charge is 0.364 e. The summed E-state index contributed by atoms with van der Waals surface area (Å²) in [5.41, 5.74) is -0.0700. The maximum absolute atomic E-state index is 13.0. The van der Waals surface area contributed by atoms with Crippen molar-refractivity contribution in [1.29, 1.82) is 0 Å². The Morgan fingerprint density at radius 2 is 1.79 bits per heavy atom. The van der Waals surface area contributed by atoms with Crippen molar-refractivity contribution in [2.45, 2.75) is 12.7 Å². The molecule has 0 saturated carbocycles. The van der Waals surface area contributed by atoms with Gasteiger partial charge in [0, 0.05) is 6.54 Å². The van der Waals surface area contributed by atoms with E-state index >= 15 is 0 Å². The number of nitrogens with zero attached hydrogens (tertiary/aromatic N) is 3. The van der Waals surface area contributed by atoms with Gasteiger partial charge in [0.2, 0.25) is 0 Å². The summed E-state index contributed by atoms with van der Waals surface area (Å²) < 4.78 is 50.6. The number of hydrogen-bond acceptors (Lipinski definition) is 5. The molecule has 1 aromatic carbocycles. The Balaban J connectivity index is 1.71. The van der Waals surface area contributed by atoms with E-state index < -0.39 is 17.8 Å². The molecule has 0 aliphatic heterocycles. The second-order valence-electron chi connectivity index (χ2n) is 5.66. The van der Waals surface area contributed by atoms with Crippen LogP contribution in [0.1, 0.15) is 21.6 Å². The van der Waals surface area contributed by atoms with Gasteiger partial charge in [-0.1, -0.05) is 12.1 Å². The Morgan fingerprint density at radius 1 is 1.04 bits per heavy atom. The van der Waals surface area contributed by atoms with E-state index in [2.05, 4.69) is 25.8 Å². The molecule has 10 heteroatoms. The molecule has 2 heterocycles. The Hall–Kier alpha value is -3.56. The lowest BCUT2D eigenvalue weighted by molar-refractivity contribution is -0.141. The number of rotatable bonds is 5. The second kappa shape index (κ2) is 7.99. The third-order valence-electron chi connectivity index (χ3n) is 3.65. The van der Waals surface area contributed by atoms with Gasteiger partial charge in [-0.15, -0.1) is 5.10 Å². The average molecular weight is 391 g/mol. The molecule has 3 aromatic rings. The number of nitrogens with one attached hydrogen (secondary N) is 2. The fourth-order valence-electron chi connectivity index (χ4n) is 2.27. The highest BCUT2D eigenvalue weighted by Crippen LogP contribution is 2.28. The van der Waals surface area contributed by atoms with Gasteiger partial charge in [-0.2, -0.15) is 18.3 Å². The number of benzene rings is 1. The molecular formula is C18H13F4N5O. The molecular weight excluding hydrogens is 378 g/mol. The zero-order valence-corrected chi connectivity index (χ0v) is 14.2. The molecule has 0 bridgehead atoms. The molecule has 1 amide bonds. The minimum Gasteiger partial charge on any atom is -0.364 e. The highest BCUT2D eigenvalue weighted by atomic mass is 19.4. The SMILES string of the molecule is O=C(Nc1ccc(C(F)(F)F)nc1)c1ccnnc1NCc1ccc(F)cc1. The minimum absolute atomic E-state index is 0.0966. The maximum Gasteiger partial charge on any atom is 0.433 e. The van der Waals surface area contributed by atoms with Crippen molar-refractivity contribution >= 4 is 17.4 Å². The lowest BCUT2D eigenvalue weighted by Gasteiger charge is -2.11. The molecule has 28 heavy (non-hydrogen) atoms. The van der Waals surface area contributed by atoms with Crippen LogP contribution in [0.15, 0.2) is 54.9 Å². The van der Waals surface area contributed by atoms with Gasteiger partial charge in [0.25, 0.3) is 5.91 Å². The summed E-state index contributed by atoms with van der Waals surface area (Å²) in [7, 11) is 0. The second-order valence-corrected chi connectivity index (χ2v) is 5.66. The molecule has 2 aromatic heterocycles. The van der Waals surface area contributed by atoms with E-state index in [1.54, 1.807) is 12.1 Å². The summed E-state index contributed by atoms with van der Waals surface area (Å²) in [5.74, 6) is -0.796. The highest BCUT2D eigenvalue weighted by Gasteiger charge is 2.32. The summed E-state index contributed by atoms with van der Waals surface area (Å²) in [6.45, 7) is 0.265. The Kier molecular flexibility index (Phi) is 5.48. The van der Waals surface area contributed by atoms with Gasteiger partial charge in [0.1, 0.15) is 11.5 Å². The van der Waals surface area contributed by atoms with E-state index in [4.69, 9.17) is 0 Å². The molecule has 0 fully saturated rings. The molecule has 0 radical (unpaired) electrons. The van der Waals surface area contributed by atoms with Crippen molar-refractivity contribution in [3.05, 3.63) is 77.5 Å². The number of aromatic nitrogens is 3. The van der Waals surface area contributed by atoms with E-state index in [-0.39, 0.29) is 29.4 Å². The molecule has 0 atom stereocenters. The third kappa shape index (κ3) is 4.78. The number of carbonyl (C=O) groups is 1. The molecule has 6 nitrogen and oxygen atoms in total. The zero-order valence-electron chi connectivity index (χ0n) is 14.2. The number of halogens is 4. The van der Waals surface area contributed by atoms with E-state index in [1.807, 2.05) is 0 Å². The van der Waals surface area contributed by atoms with Crippen molar-refractivity contribution in [3.8, 4) is 0 Å². The van der Waals surface area contributed by atoms with Crippen molar-refractivity contribution in [2.75, 3.05) is 10.6 Å². The number of carbonyl (C=O) groups excluding carboxylic acids is 1. The van der Waals surface area contributed by atoms with E-state index in [0.29, 0.717) is 0 Å². The summed E-state index contributed by atoms with van der Waals surface area (Å²) in [4.78, 5) is 15.7. The molecule has 0 spiro atoms. The van der Waals surface area contributed by atoms with Crippen LogP contribution in [0.2, 0.25) is 0 Å². The van der Waals surface area contributed by atoms with Crippen LogP contribution in [-0.2, 0) is 12.7 Å². The van der Waals surface area contributed by atoms with Gasteiger partial charge in [0.15, 0.2) is 5.82 Å². The molecule has 0 unspecified atom stereocenters. The maximum atomic E-state index is 13.0. The van der Waals surface area contributed by atoms with Gasteiger partial charge < -0.3 is 10.6 Å². The summed E-state index contributed by atoms with van der Waals surface area (Å²) in [6.07, 6.45) is -2.33. The van der Waals surface area contributed by atoms with Crippen molar-refractivity contribution in [3.63, 3.8) is 0 Å². The first-order chi connectivity index (χ1) is 13.3. The van der Waals surface area contributed by atoms with Gasteiger partial charge in [-0.3, -0.25) is 4.79 Å². The van der Waals surface area contributed by atoms with Crippen molar-refractivity contribution < 1.29 is 22.4 Å². The largest absolute Gasteiger partial charge is 0.433 e. The van der Waals surface area contributed by atoms with Gasteiger partial charge in [-0.25, -0.2) is 9.37 Å². The number of anilines is 2. The first-order valence-electron chi connectivity index (χ1n) is 7.97. The van der Waals surface area contributed by atoms with Crippen LogP contribution in [0.25, 0.3) is 0 Å². The van der Waals surface area contributed by atoms with Crippen LogP contribution in [0.3, 0.4) is 0 Å². The highest BCUT2D eigenvalue weighted by molar-refractivity contribution is 6.07. The number of pyridine rings is 1. The third-order valence-corrected chi connectivity index (χ3v) is 3.65. The molecule has 0 saturated heterocycles. The van der Waals surface area contributed by atoms with Crippen molar-refractivity contribution in [2.24, 2.45) is 0 Å². The molecule has 3 rings (SSSR count). The first kappa shape index (κ1) is 19.2. The minimum atomic E-state index is -4.56. The van der Waals surface area contributed by atoms with Crippen LogP contribution in [0, 0.1) is 5.82 Å². The molecule has 2 N–H and O–H groups in total. The van der Waals surface area contributed by atoms with Crippen LogP contribution >= 0.6 is 0 Å². The summed E-state index contributed by atoms with van der Waals surface area (Å²) >= 11 is 0. The Labute approximate surface area is 156 Å². The number of amides is 1. The van der Waals surface area contributed by atoms with E-state index in [1.165, 1.54) is 24.4 Å². The van der Waals surface area contributed by atoms with Gasteiger partial charge in [0.05, 0.1) is 23.6 Å². The lowest BCUT2D eigenvalue weighted by Crippen LogP contribution is -2.17. The predicted molar refractivity (Wildman–Crippen MR) is 93.0 cm³/mol. The standard InChI is InChI=1S/C18H13F4N5O/c19-12-3-1-11(2-4-12)9-24-16-14(7-8-25-27-16)17(28)26-13-5-6-15(23-10-13)18(20,21)22/h1-8,10H,9H2,(H,24,27)(H,26,28). The monoisotopic (exact) mass is 391 g/mol. The topological polar surface area (TPSA) is 79.8 Å². The van der Waals surface area contributed by atoms with Gasteiger partial charge >= 0.3 is 6.18 Å². The van der Waals surface area contributed by atoms with E-state index in [9.17, 15) is 22.4 Å².